The monoisotopic (exact) mass is 544 g/mol. The first-order valence-electron chi connectivity index (χ1n) is 12.7. The molecule has 5 heteroatoms. The molecule has 0 saturated carbocycles. The molecule has 2 aromatic rings. The summed E-state index contributed by atoms with van der Waals surface area (Å²) < 4.78 is 7.27. The van der Waals surface area contributed by atoms with Crippen molar-refractivity contribution in [1.29, 1.82) is 0 Å². The van der Waals surface area contributed by atoms with Gasteiger partial charge in [-0.3, -0.25) is 0 Å². The molecule has 2 unspecified atom stereocenters. The van der Waals surface area contributed by atoms with E-state index in [9.17, 15) is 0 Å². The molecule has 5 aliphatic rings. The molecule has 3 fully saturated rings. The SMILES string of the molecule is C[Si]1(C2[C]([Ti+2]3([C]4=Cc5ccccc5C4[Si]4(C)CCC4)[CH2][CH2]3)=Cc3ccccc32)CCC1.[Cl-].[Cl-]. The maximum atomic E-state index is 2.77. The largest absolute Gasteiger partial charge is 1.00 e. The van der Waals surface area contributed by atoms with Crippen LogP contribution in [0.4, 0.5) is 0 Å². The van der Waals surface area contributed by atoms with Crippen molar-refractivity contribution in [2.45, 2.75) is 70.6 Å². The van der Waals surface area contributed by atoms with Crippen molar-refractivity contribution in [3.63, 3.8) is 0 Å². The Morgan fingerprint density at radius 3 is 1.36 bits per heavy atom. The second-order valence-electron chi connectivity index (χ2n) is 11.9. The van der Waals surface area contributed by atoms with E-state index in [2.05, 4.69) is 81.5 Å². The molecular formula is C28H34Cl2Si2Ti. The van der Waals surface area contributed by atoms with E-state index in [0.717, 1.165) is 11.1 Å². The van der Waals surface area contributed by atoms with E-state index >= 15 is 0 Å². The first-order valence-corrected chi connectivity index (χ1v) is 22.4. The van der Waals surface area contributed by atoms with Crippen LogP contribution >= 0.6 is 0 Å². The Kier molecular flexibility index (Phi) is 6.16. The summed E-state index contributed by atoms with van der Waals surface area (Å²) in [4.78, 5) is 0. The fourth-order valence-electron chi connectivity index (χ4n) is 7.89. The van der Waals surface area contributed by atoms with Crippen LogP contribution in [0.25, 0.3) is 12.2 Å². The van der Waals surface area contributed by atoms with Crippen molar-refractivity contribution in [2.75, 3.05) is 0 Å². The fourth-order valence-corrected chi connectivity index (χ4v) is 29.1. The van der Waals surface area contributed by atoms with Crippen LogP contribution in [-0.4, -0.2) is 16.1 Å². The van der Waals surface area contributed by atoms with E-state index in [0.29, 0.717) is 0 Å². The van der Waals surface area contributed by atoms with E-state index in [4.69, 9.17) is 0 Å². The number of allylic oxidation sites excluding steroid dienone is 2. The molecule has 0 nitrogen and oxygen atoms in total. The average Bonchev–Trinajstić information content (AvgIpc) is 3.30. The van der Waals surface area contributed by atoms with E-state index in [1.165, 1.54) is 12.8 Å². The molecule has 0 radical (unpaired) electrons. The third-order valence-corrected chi connectivity index (χ3v) is 28.2. The van der Waals surface area contributed by atoms with Crippen LogP contribution in [0.2, 0.25) is 46.7 Å². The summed E-state index contributed by atoms with van der Waals surface area (Å²) >= 11 is -2.16. The number of halogens is 2. The predicted molar refractivity (Wildman–Crippen MR) is 136 cm³/mol. The molecule has 2 atom stereocenters. The number of fused-ring (bicyclic) bond motifs is 2. The topological polar surface area (TPSA) is 0 Å². The maximum absolute atomic E-state index is 2.77. The normalized spacial score (nSPS) is 27.6. The van der Waals surface area contributed by atoms with Gasteiger partial charge in [-0.1, -0.05) is 0 Å². The second-order valence-corrected chi connectivity index (χ2v) is 28.4. The Balaban J connectivity index is 0.00000114. The number of hydrogen-bond donors (Lipinski definition) is 0. The van der Waals surface area contributed by atoms with Crippen LogP contribution in [0, 0.1) is 0 Å². The van der Waals surface area contributed by atoms with Crippen molar-refractivity contribution in [1.82, 2.24) is 0 Å². The maximum Gasteiger partial charge on any atom is -1.00 e. The van der Waals surface area contributed by atoms with Gasteiger partial charge in [0.2, 0.25) is 0 Å². The van der Waals surface area contributed by atoms with Gasteiger partial charge in [0.15, 0.2) is 0 Å². The van der Waals surface area contributed by atoms with E-state index in [1.54, 1.807) is 55.9 Å². The quantitative estimate of drug-likeness (QED) is 0.518. The molecular weight excluding hydrogens is 511 g/mol. The first kappa shape index (κ1) is 24.3. The summed E-state index contributed by atoms with van der Waals surface area (Å²) in [6.07, 6.45) is 8.54. The summed E-state index contributed by atoms with van der Waals surface area (Å²) in [5.41, 5.74) is 8.40. The van der Waals surface area contributed by atoms with E-state index in [1.807, 2.05) is 0 Å². The molecule has 3 saturated heterocycles. The van der Waals surface area contributed by atoms with Crippen molar-refractivity contribution in [3.8, 4) is 0 Å². The number of hydrogen-bond acceptors (Lipinski definition) is 0. The zero-order valence-electron chi connectivity index (χ0n) is 19.8. The molecule has 2 aromatic carbocycles. The van der Waals surface area contributed by atoms with Crippen LogP contribution < -0.4 is 24.8 Å². The van der Waals surface area contributed by atoms with Gasteiger partial charge in [0.1, 0.15) is 0 Å². The molecule has 33 heavy (non-hydrogen) atoms. The van der Waals surface area contributed by atoms with Gasteiger partial charge in [-0.15, -0.1) is 0 Å². The van der Waals surface area contributed by atoms with E-state index in [-0.39, 0.29) is 24.8 Å². The predicted octanol–water partition coefficient (Wildman–Crippen LogP) is 2.32. The van der Waals surface area contributed by atoms with Crippen LogP contribution in [0.5, 0.6) is 0 Å². The van der Waals surface area contributed by atoms with Crippen molar-refractivity contribution < 1.29 is 41.4 Å². The van der Waals surface area contributed by atoms with Gasteiger partial charge in [-0.25, -0.2) is 0 Å². The minimum Gasteiger partial charge on any atom is -1.00 e. The van der Waals surface area contributed by atoms with Gasteiger partial charge in [0.25, 0.3) is 0 Å². The molecule has 172 valence electrons. The first-order chi connectivity index (χ1) is 15.0. The summed E-state index contributed by atoms with van der Waals surface area (Å²) in [6.45, 7) is 5.51. The van der Waals surface area contributed by atoms with Gasteiger partial charge in [0.05, 0.1) is 0 Å². The Morgan fingerprint density at radius 1 is 0.636 bits per heavy atom. The van der Waals surface area contributed by atoms with Gasteiger partial charge in [-0.05, 0) is 0 Å². The molecule has 2 aliphatic carbocycles. The van der Waals surface area contributed by atoms with Gasteiger partial charge >= 0.3 is 194 Å². The van der Waals surface area contributed by atoms with E-state index < -0.39 is 32.7 Å². The fraction of sp³-hybridized carbons (Fsp3) is 0.429. The minimum absolute atomic E-state index is 0. The van der Waals surface area contributed by atoms with Crippen LogP contribution in [0.3, 0.4) is 0 Å². The van der Waals surface area contributed by atoms with Crippen LogP contribution in [0.15, 0.2) is 56.3 Å². The molecule has 0 spiro atoms. The zero-order chi connectivity index (χ0) is 20.8. The Labute approximate surface area is 217 Å². The third kappa shape index (κ3) is 3.39. The van der Waals surface area contributed by atoms with Gasteiger partial charge < -0.3 is 24.8 Å². The molecule has 0 N–H and O–H groups in total. The van der Waals surface area contributed by atoms with Crippen molar-refractivity contribution in [2.24, 2.45) is 0 Å². The smallest absolute Gasteiger partial charge is 1.00 e. The zero-order valence-corrected chi connectivity index (χ0v) is 24.9. The Bertz CT molecular complexity index is 1070. The molecule has 0 bridgehead atoms. The molecule has 0 aromatic heterocycles. The van der Waals surface area contributed by atoms with Gasteiger partial charge in [0, 0.05) is 0 Å². The molecule has 3 heterocycles. The third-order valence-electron chi connectivity index (χ3n) is 10.1. The van der Waals surface area contributed by atoms with Crippen molar-refractivity contribution in [3.05, 3.63) is 78.5 Å². The molecule has 7 rings (SSSR count). The standard InChI is InChI=1S/2C13H15Si.C2H4.2ClH.Ti/c2*1-14(9-4-10-14)13-8-7-11-5-2-3-6-12(11)13;1-2;;;/h2*2-3,5-7,13H,4,9-10H2,1H3;1-2H2;2*1H;/q;;;;;+2/p-2. The Morgan fingerprint density at radius 2 is 1.03 bits per heavy atom. The summed E-state index contributed by atoms with van der Waals surface area (Å²) in [5, 5.41) is 0. The average molecular weight is 546 g/mol. The summed E-state index contributed by atoms with van der Waals surface area (Å²) in [6, 6.07) is 25.4. The summed E-state index contributed by atoms with van der Waals surface area (Å²) in [5.74, 6) is 0. The van der Waals surface area contributed by atoms with Crippen LogP contribution in [0.1, 0.15) is 46.2 Å². The number of rotatable bonds is 4. The van der Waals surface area contributed by atoms with Gasteiger partial charge in [-0.2, -0.15) is 0 Å². The molecule has 3 aliphatic heterocycles. The van der Waals surface area contributed by atoms with Crippen molar-refractivity contribution >= 4 is 28.3 Å². The minimum atomic E-state index is -2.16. The second kappa shape index (κ2) is 8.36. The Hall–Kier alpha value is -0.352. The summed E-state index contributed by atoms with van der Waals surface area (Å²) in [7, 11) is -2.36. The number of benzene rings is 2. The molecule has 0 amide bonds. The van der Waals surface area contributed by atoms with Crippen LogP contribution in [-0.2, 0) is 16.6 Å².